The van der Waals surface area contributed by atoms with Gasteiger partial charge in [0, 0.05) is 23.6 Å². The zero-order valence-electron chi connectivity index (χ0n) is 24.1. The molecule has 0 amide bonds. The third kappa shape index (κ3) is 6.49. The van der Waals surface area contributed by atoms with E-state index in [1.807, 2.05) is 43.3 Å². The number of hydrogen-bond acceptors (Lipinski definition) is 7. The number of rotatable bonds is 11. The maximum atomic E-state index is 13.2. The van der Waals surface area contributed by atoms with Gasteiger partial charge in [-0.05, 0) is 65.9 Å². The number of carboxylic acids is 1. The third-order valence-corrected chi connectivity index (χ3v) is 7.08. The van der Waals surface area contributed by atoms with Gasteiger partial charge in [-0.25, -0.2) is 0 Å². The Kier molecular flexibility index (Phi) is 10.3. The van der Waals surface area contributed by atoms with Gasteiger partial charge in [0.25, 0.3) is 0 Å². The monoisotopic (exact) mass is 574 g/mol. The van der Waals surface area contributed by atoms with E-state index in [0.29, 0.717) is 54.1 Å². The SMILES string of the molecule is CCCc1c(OCCCOc2cc(O)c(-c3ccccc3)cc2CC)ccc2c(=O)c3cc(C(=O)[O-])ccc3oc12.[Na+]. The molecule has 0 saturated carbocycles. The van der Waals surface area contributed by atoms with Crippen LogP contribution in [-0.2, 0) is 12.8 Å². The van der Waals surface area contributed by atoms with Crippen molar-refractivity contribution in [1.29, 1.82) is 0 Å². The molecule has 1 N–H and O–H groups in total. The predicted octanol–water partition coefficient (Wildman–Crippen LogP) is 3.05. The van der Waals surface area contributed by atoms with Crippen molar-refractivity contribution in [3.8, 4) is 28.4 Å². The Morgan fingerprint density at radius 3 is 2.33 bits per heavy atom. The molecule has 42 heavy (non-hydrogen) atoms. The molecule has 4 aromatic carbocycles. The Hall–Kier alpha value is -3.78. The first kappa shape index (κ1) is 31.2. The van der Waals surface area contributed by atoms with Gasteiger partial charge in [-0.1, -0.05) is 50.6 Å². The molecule has 0 saturated heterocycles. The van der Waals surface area contributed by atoms with Gasteiger partial charge >= 0.3 is 29.6 Å². The van der Waals surface area contributed by atoms with Crippen LogP contribution in [0.5, 0.6) is 17.2 Å². The summed E-state index contributed by atoms with van der Waals surface area (Å²) in [7, 11) is 0. The Labute approximate surface area is 266 Å². The minimum atomic E-state index is -1.35. The largest absolute Gasteiger partial charge is 1.00 e. The number of aromatic carboxylic acids is 1. The molecular weight excluding hydrogens is 543 g/mol. The number of aryl methyl sites for hydroxylation is 2. The van der Waals surface area contributed by atoms with E-state index < -0.39 is 5.97 Å². The number of fused-ring (bicyclic) bond motifs is 2. The van der Waals surface area contributed by atoms with E-state index in [-0.39, 0.29) is 51.7 Å². The van der Waals surface area contributed by atoms with Crippen LogP contribution in [0.2, 0.25) is 0 Å². The summed E-state index contributed by atoms with van der Waals surface area (Å²) in [4.78, 5) is 24.5. The first-order valence-corrected chi connectivity index (χ1v) is 13.8. The van der Waals surface area contributed by atoms with E-state index in [1.165, 1.54) is 18.2 Å². The average molecular weight is 575 g/mol. The molecule has 0 spiro atoms. The third-order valence-electron chi connectivity index (χ3n) is 7.08. The molecule has 8 heteroatoms. The van der Waals surface area contributed by atoms with Crippen molar-refractivity contribution in [3.05, 3.63) is 99.7 Å². The smallest absolute Gasteiger partial charge is 0.545 e. The summed E-state index contributed by atoms with van der Waals surface area (Å²) < 4.78 is 18.3. The van der Waals surface area contributed by atoms with Gasteiger partial charge < -0.3 is 28.9 Å². The molecule has 210 valence electrons. The standard InChI is InChI=1S/C34H32O7.Na/c1-3-9-24-29(15-13-25-32(36)27-19-23(34(37)38)12-14-30(27)41-33(24)25)39-16-8-17-40-31-20-28(35)26(18-21(31)4-2)22-10-6-5-7-11-22;/h5-7,10-15,18-20,35H,3-4,8-9,16-17H2,1-2H3,(H,37,38);/q;+1/p-1. The maximum absolute atomic E-state index is 13.2. The molecule has 5 aromatic rings. The fourth-order valence-electron chi connectivity index (χ4n) is 5.00. The number of ether oxygens (including phenoxy) is 2. The number of phenols is 1. The van der Waals surface area contributed by atoms with Crippen LogP contribution in [0.4, 0.5) is 0 Å². The quantitative estimate of drug-likeness (QED) is 0.147. The molecular formula is C34H31NaO7. The number of aromatic hydroxyl groups is 1. The van der Waals surface area contributed by atoms with Crippen LogP contribution in [0.15, 0.2) is 82.0 Å². The van der Waals surface area contributed by atoms with Crippen LogP contribution in [0, 0.1) is 0 Å². The second kappa shape index (κ2) is 13.9. The fourth-order valence-corrected chi connectivity index (χ4v) is 5.00. The average Bonchev–Trinajstić information content (AvgIpc) is 2.98. The van der Waals surface area contributed by atoms with Crippen LogP contribution < -0.4 is 49.6 Å². The van der Waals surface area contributed by atoms with E-state index in [9.17, 15) is 19.8 Å². The van der Waals surface area contributed by atoms with Crippen molar-refractivity contribution >= 4 is 27.9 Å². The summed E-state index contributed by atoms with van der Waals surface area (Å²) in [5.41, 5.74) is 3.91. The fraction of sp³-hybridized carbons (Fsp3) is 0.235. The Balaban J connectivity index is 0.00000405. The molecule has 1 heterocycles. The van der Waals surface area contributed by atoms with Gasteiger partial charge in [0.15, 0.2) is 0 Å². The molecule has 0 aliphatic rings. The molecule has 0 aliphatic carbocycles. The minimum Gasteiger partial charge on any atom is -0.545 e. The predicted molar refractivity (Wildman–Crippen MR) is 157 cm³/mol. The Morgan fingerprint density at radius 2 is 1.64 bits per heavy atom. The number of carbonyl (C=O) groups is 1. The zero-order valence-corrected chi connectivity index (χ0v) is 26.1. The topological polar surface area (TPSA) is 109 Å². The summed E-state index contributed by atoms with van der Waals surface area (Å²) in [5.74, 6) is 0.104. The van der Waals surface area contributed by atoms with Crippen LogP contribution in [0.25, 0.3) is 33.1 Å². The summed E-state index contributed by atoms with van der Waals surface area (Å²) in [5, 5.41) is 22.5. The van der Waals surface area contributed by atoms with E-state index in [4.69, 9.17) is 13.9 Å². The van der Waals surface area contributed by atoms with Crippen molar-refractivity contribution in [2.45, 2.75) is 39.5 Å². The van der Waals surface area contributed by atoms with Gasteiger partial charge in [0.05, 0.1) is 30.0 Å². The van der Waals surface area contributed by atoms with Crippen molar-refractivity contribution in [1.82, 2.24) is 0 Å². The van der Waals surface area contributed by atoms with Crippen molar-refractivity contribution < 1.29 is 58.5 Å². The van der Waals surface area contributed by atoms with E-state index >= 15 is 0 Å². The van der Waals surface area contributed by atoms with Gasteiger partial charge in [-0.2, -0.15) is 0 Å². The normalized spacial score (nSPS) is 10.9. The molecule has 0 radical (unpaired) electrons. The zero-order chi connectivity index (χ0) is 28.9. The van der Waals surface area contributed by atoms with Crippen LogP contribution in [0.3, 0.4) is 0 Å². The minimum absolute atomic E-state index is 0. The van der Waals surface area contributed by atoms with Crippen molar-refractivity contribution in [2.24, 2.45) is 0 Å². The second-order valence-corrected chi connectivity index (χ2v) is 9.85. The van der Waals surface area contributed by atoms with Gasteiger partial charge in [-0.3, -0.25) is 4.79 Å². The summed E-state index contributed by atoms with van der Waals surface area (Å²) in [6.07, 6.45) is 2.81. The molecule has 5 rings (SSSR count). The van der Waals surface area contributed by atoms with E-state index in [2.05, 4.69) is 6.92 Å². The van der Waals surface area contributed by atoms with Gasteiger partial charge in [0.2, 0.25) is 5.43 Å². The van der Waals surface area contributed by atoms with Crippen LogP contribution in [-0.4, -0.2) is 24.3 Å². The molecule has 0 aliphatic heterocycles. The molecule has 0 atom stereocenters. The number of phenolic OH excluding ortho intramolecular Hbond substituents is 1. The van der Waals surface area contributed by atoms with E-state index in [1.54, 1.807) is 18.2 Å². The Morgan fingerprint density at radius 1 is 0.905 bits per heavy atom. The molecule has 0 bridgehead atoms. The molecule has 7 nitrogen and oxygen atoms in total. The first-order chi connectivity index (χ1) is 19.9. The summed E-state index contributed by atoms with van der Waals surface area (Å²) in [6.45, 7) is 4.86. The number of carbonyl (C=O) groups excluding carboxylic acids is 1. The van der Waals surface area contributed by atoms with E-state index in [0.717, 1.165) is 35.1 Å². The van der Waals surface area contributed by atoms with Crippen LogP contribution >= 0.6 is 0 Å². The molecule has 0 unspecified atom stereocenters. The summed E-state index contributed by atoms with van der Waals surface area (Å²) >= 11 is 0. The first-order valence-electron chi connectivity index (χ1n) is 13.8. The molecule has 0 fully saturated rings. The van der Waals surface area contributed by atoms with Crippen molar-refractivity contribution in [3.63, 3.8) is 0 Å². The van der Waals surface area contributed by atoms with Crippen molar-refractivity contribution in [2.75, 3.05) is 13.2 Å². The van der Waals surface area contributed by atoms with Gasteiger partial charge in [-0.15, -0.1) is 0 Å². The Bertz CT molecular complexity index is 1780. The number of benzene rings is 4. The molecule has 1 aromatic heterocycles. The van der Waals surface area contributed by atoms with Crippen LogP contribution in [0.1, 0.15) is 48.2 Å². The van der Waals surface area contributed by atoms with Gasteiger partial charge in [0.1, 0.15) is 28.4 Å². The second-order valence-electron chi connectivity index (χ2n) is 9.85. The number of carboxylic acid groups (broad SMARTS) is 1. The summed E-state index contributed by atoms with van der Waals surface area (Å²) in [6, 6.07) is 21.0. The maximum Gasteiger partial charge on any atom is 1.00 e. The number of hydrogen-bond donors (Lipinski definition) is 1.